The zero-order valence-electron chi connectivity index (χ0n) is 6.51. The minimum Gasteiger partial charge on any atom is -0.394 e. The zero-order valence-corrected chi connectivity index (χ0v) is 6.51. The summed E-state index contributed by atoms with van der Waals surface area (Å²) < 4.78 is 4.37. The van der Waals surface area contributed by atoms with E-state index >= 15 is 0 Å². The van der Waals surface area contributed by atoms with Crippen molar-refractivity contribution >= 4 is 0 Å². The standard InChI is InChI=1S/C6H12O6/c1-5(10)6(11,12-5)4(9)3(8)2-7/h3-4,7-11H,2H2,1H3/t3-,4?,5?,6-/m0/s1. The quantitative estimate of drug-likeness (QED) is 0.298. The smallest absolute Gasteiger partial charge is 0.253 e. The van der Waals surface area contributed by atoms with Crippen LogP contribution in [0.15, 0.2) is 0 Å². The molecule has 1 aliphatic rings. The first-order valence-corrected chi connectivity index (χ1v) is 3.47. The maximum atomic E-state index is 9.23. The van der Waals surface area contributed by atoms with E-state index in [1.807, 2.05) is 0 Å². The highest BCUT2D eigenvalue weighted by Gasteiger charge is 2.71. The van der Waals surface area contributed by atoms with Gasteiger partial charge in [-0.1, -0.05) is 0 Å². The Kier molecular flexibility index (Phi) is 2.15. The van der Waals surface area contributed by atoms with E-state index in [-0.39, 0.29) is 0 Å². The fourth-order valence-corrected chi connectivity index (χ4v) is 0.973. The van der Waals surface area contributed by atoms with Gasteiger partial charge in [0.05, 0.1) is 6.61 Å². The van der Waals surface area contributed by atoms with Gasteiger partial charge in [0.25, 0.3) is 5.79 Å². The van der Waals surface area contributed by atoms with Crippen LogP contribution >= 0.6 is 0 Å². The SMILES string of the molecule is CC1(O)O[C@@]1(O)C(O)[C@@H](O)CO. The van der Waals surface area contributed by atoms with Gasteiger partial charge in [0, 0.05) is 0 Å². The van der Waals surface area contributed by atoms with E-state index in [0.717, 1.165) is 6.92 Å². The molecule has 0 radical (unpaired) electrons. The van der Waals surface area contributed by atoms with Crippen LogP contribution in [0.1, 0.15) is 6.92 Å². The molecule has 0 aliphatic carbocycles. The highest BCUT2D eigenvalue weighted by molar-refractivity contribution is 5.04. The summed E-state index contributed by atoms with van der Waals surface area (Å²) in [5, 5.41) is 44.7. The number of epoxide rings is 1. The van der Waals surface area contributed by atoms with Gasteiger partial charge < -0.3 is 30.3 Å². The van der Waals surface area contributed by atoms with Crippen molar-refractivity contribution in [2.75, 3.05) is 6.61 Å². The van der Waals surface area contributed by atoms with Crippen LogP contribution < -0.4 is 0 Å². The Morgan fingerprint density at radius 1 is 1.33 bits per heavy atom. The molecule has 0 aromatic heterocycles. The van der Waals surface area contributed by atoms with Gasteiger partial charge in [0.1, 0.15) is 12.2 Å². The van der Waals surface area contributed by atoms with E-state index in [1.165, 1.54) is 0 Å². The Bertz CT molecular complexity index is 181. The fourth-order valence-electron chi connectivity index (χ4n) is 0.973. The van der Waals surface area contributed by atoms with Crippen molar-refractivity contribution in [3.8, 4) is 0 Å². The van der Waals surface area contributed by atoms with Crippen LogP contribution in [0.4, 0.5) is 0 Å². The van der Waals surface area contributed by atoms with Crippen LogP contribution in [0.5, 0.6) is 0 Å². The molecule has 0 saturated carbocycles. The second-order valence-electron chi connectivity index (χ2n) is 2.98. The summed E-state index contributed by atoms with van der Waals surface area (Å²) in [5.74, 6) is -4.03. The highest BCUT2D eigenvalue weighted by Crippen LogP contribution is 2.46. The van der Waals surface area contributed by atoms with Gasteiger partial charge in [0.2, 0.25) is 5.79 Å². The van der Waals surface area contributed by atoms with Gasteiger partial charge in [-0.05, 0) is 6.92 Å². The largest absolute Gasteiger partial charge is 0.394 e. The van der Waals surface area contributed by atoms with Crippen molar-refractivity contribution in [3.05, 3.63) is 0 Å². The summed E-state index contributed by atoms with van der Waals surface area (Å²) >= 11 is 0. The second-order valence-corrected chi connectivity index (χ2v) is 2.98. The molecule has 12 heavy (non-hydrogen) atoms. The lowest BCUT2D eigenvalue weighted by atomic mass is 10.0. The van der Waals surface area contributed by atoms with E-state index in [1.54, 1.807) is 0 Å². The molecule has 0 aromatic rings. The zero-order chi connectivity index (χ0) is 9.57. The van der Waals surface area contributed by atoms with Crippen LogP contribution in [-0.2, 0) is 4.74 Å². The van der Waals surface area contributed by atoms with E-state index in [2.05, 4.69) is 4.74 Å². The Morgan fingerprint density at radius 2 is 1.75 bits per heavy atom. The van der Waals surface area contributed by atoms with Crippen molar-refractivity contribution in [2.24, 2.45) is 0 Å². The molecule has 0 aromatic carbocycles. The third-order valence-corrected chi connectivity index (χ3v) is 1.93. The molecule has 1 fully saturated rings. The summed E-state index contributed by atoms with van der Waals surface area (Å²) in [5.41, 5.74) is 0. The number of ether oxygens (including phenoxy) is 1. The molecule has 6 nitrogen and oxygen atoms in total. The minimum atomic E-state index is -2.17. The van der Waals surface area contributed by atoms with E-state index < -0.39 is 30.4 Å². The third-order valence-electron chi connectivity index (χ3n) is 1.93. The predicted octanol–water partition coefficient (Wildman–Crippen LogP) is -2.87. The van der Waals surface area contributed by atoms with E-state index in [0.29, 0.717) is 0 Å². The summed E-state index contributed by atoms with van der Waals surface area (Å²) in [4.78, 5) is 0. The molecular weight excluding hydrogens is 168 g/mol. The molecule has 72 valence electrons. The van der Waals surface area contributed by atoms with Gasteiger partial charge in [-0.2, -0.15) is 0 Å². The third kappa shape index (κ3) is 1.22. The predicted molar refractivity (Wildman–Crippen MR) is 35.8 cm³/mol. The molecule has 1 saturated heterocycles. The van der Waals surface area contributed by atoms with Gasteiger partial charge in [-0.3, -0.25) is 0 Å². The average Bonchev–Trinajstić information content (AvgIpc) is 2.50. The van der Waals surface area contributed by atoms with Crippen LogP contribution in [0.2, 0.25) is 0 Å². The maximum absolute atomic E-state index is 9.23. The highest BCUT2D eigenvalue weighted by atomic mass is 16.8. The van der Waals surface area contributed by atoms with Crippen LogP contribution in [0.3, 0.4) is 0 Å². The van der Waals surface area contributed by atoms with Crippen molar-refractivity contribution in [1.82, 2.24) is 0 Å². The van der Waals surface area contributed by atoms with Gasteiger partial charge in [-0.15, -0.1) is 0 Å². The second kappa shape index (κ2) is 2.63. The summed E-state index contributed by atoms with van der Waals surface area (Å²) in [7, 11) is 0. The lowest BCUT2D eigenvalue weighted by molar-refractivity contribution is -0.135. The molecular formula is C6H12O6. The van der Waals surface area contributed by atoms with Crippen molar-refractivity contribution in [2.45, 2.75) is 30.7 Å². The Labute approximate surface area is 68.6 Å². The number of rotatable bonds is 3. The lowest BCUT2D eigenvalue weighted by Gasteiger charge is -2.18. The molecule has 4 atom stereocenters. The summed E-state index contributed by atoms with van der Waals surface area (Å²) in [6, 6.07) is 0. The minimum absolute atomic E-state index is 0.719. The first-order valence-electron chi connectivity index (χ1n) is 3.47. The van der Waals surface area contributed by atoms with Crippen molar-refractivity contribution in [3.63, 3.8) is 0 Å². The van der Waals surface area contributed by atoms with Crippen molar-refractivity contribution in [1.29, 1.82) is 0 Å². The molecule has 0 amide bonds. The molecule has 2 unspecified atom stereocenters. The number of aliphatic hydroxyl groups is 5. The van der Waals surface area contributed by atoms with Crippen molar-refractivity contribution < 1.29 is 30.3 Å². The molecule has 1 heterocycles. The van der Waals surface area contributed by atoms with Gasteiger partial charge >= 0.3 is 0 Å². The average molecular weight is 180 g/mol. The molecule has 1 rings (SSSR count). The monoisotopic (exact) mass is 180 g/mol. The lowest BCUT2D eigenvalue weighted by Crippen LogP contribution is -2.45. The molecule has 0 bridgehead atoms. The summed E-state index contributed by atoms with van der Waals surface area (Å²) in [6.07, 6.45) is -3.26. The van der Waals surface area contributed by atoms with E-state index in [4.69, 9.17) is 20.4 Å². The summed E-state index contributed by atoms with van der Waals surface area (Å²) in [6.45, 7) is 0.420. The van der Waals surface area contributed by atoms with Crippen LogP contribution in [0, 0.1) is 0 Å². The Hall–Kier alpha value is -0.240. The maximum Gasteiger partial charge on any atom is 0.253 e. The van der Waals surface area contributed by atoms with Crippen LogP contribution in [-0.4, -0.2) is 55.9 Å². The molecule has 5 N–H and O–H groups in total. The van der Waals surface area contributed by atoms with Gasteiger partial charge in [0.15, 0.2) is 0 Å². The van der Waals surface area contributed by atoms with E-state index in [9.17, 15) is 5.11 Å². The van der Waals surface area contributed by atoms with Crippen LogP contribution in [0.25, 0.3) is 0 Å². The topological polar surface area (TPSA) is 114 Å². The first-order chi connectivity index (χ1) is 5.35. The molecule has 6 heteroatoms. The molecule has 1 aliphatic heterocycles. The Morgan fingerprint density at radius 3 is 2.00 bits per heavy atom. The molecule has 0 spiro atoms. The normalized spacial score (nSPS) is 45.5. The number of hydrogen-bond acceptors (Lipinski definition) is 6. The number of aliphatic hydroxyl groups excluding tert-OH is 3. The van der Waals surface area contributed by atoms with Gasteiger partial charge in [-0.25, -0.2) is 0 Å². The fraction of sp³-hybridized carbons (Fsp3) is 1.00. The number of hydrogen-bond donors (Lipinski definition) is 5. The first kappa shape index (κ1) is 9.85. The Balaban J connectivity index is 2.61.